The number of nitrogen functional groups attached to an aromatic ring is 1. The number of hydrogen-bond donors (Lipinski definition) is 2. The highest BCUT2D eigenvalue weighted by Crippen LogP contribution is 2.18. The van der Waals surface area contributed by atoms with Crippen molar-refractivity contribution in [3.8, 4) is 0 Å². The predicted molar refractivity (Wildman–Crippen MR) is 81.3 cm³/mol. The number of furan rings is 1. The van der Waals surface area contributed by atoms with Gasteiger partial charge >= 0.3 is 5.97 Å². The minimum Gasteiger partial charge on any atom is -0.461 e. The molecule has 0 radical (unpaired) electrons. The number of fused-ring (bicyclic) bond motifs is 1. The molecule has 2 aromatic heterocycles. The first-order valence-electron chi connectivity index (χ1n) is 7.32. The van der Waals surface area contributed by atoms with Crippen molar-refractivity contribution in [1.29, 1.82) is 0 Å². The first-order valence-corrected chi connectivity index (χ1v) is 7.32. The number of nitrogens with two attached hydrogens (primary N) is 1. The van der Waals surface area contributed by atoms with Crippen LogP contribution in [-0.2, 0) is 35.6 Å². The van der Waals surface area contributed by atoms with Crippen molar-refractivity contribution >= 4 is 11.9 Å². The number of esters is 1. The summed E-state index contributed by atoms with van der Waals surface area (Å²) in [6, 6.07) is 3.63. The summed E-state index contributed by atoms with van der Waals surface area (Å²) in [7, 11) is 0. The zero-order valence-corrected chi connectivity index (χ0v) is 12.8. The highest BCUT2D eigenvalue weighted by Gasteiger charge is 2.21. The summed E-state index contributed by atoms with van der Waals surface area (Å²) < 4.78 is 10.5. The Morgan fingerprint density at radius 3 is 3.04 bits per heavy atom. The van der Waals surface area contributed by atoms with Crippen LogP contribution in [0.15, 0.2) is 21.3 Å². The Kier molecular flexibility index (Phi) is 4.16. The van der Waals surface area contributed by atoms with Crippen LogP contribution in [0.4, 0.5) is 5.95 Å². The van der Waals surface area contributed by atoms with E-state index in [0.29, 0.717) is 30.8 Å². The molecule has 0 fully saturated rings. The number of nitrogens with zero attached hydrogens (tertiary/aromatic N) is 2. The van der Waals surface area contributed by atoms with E-state index in [4.69, 9.17) is 14.9 Å². The fourth-order valence-corrected chi connectivity index (χ4v) is 2.61. The second kappa shape index (κ2) is 6.25. The molecule has 3 N–H and O–H groups in total. The van der Waals surface area contributed by atoms with E-state index in [9.17, 15) is 9.59 Å². The minimum atomic E-state index is -0.346. The van der Waals surface area contributed by atoms with E-state index in [-0.39, 0.29) is 24.1 Å². The summed E-state index contributed by atoms with van der Waals surface area (Å²) in [5.74, 6) is 1.17. The normalized spacial score (nSPS) is 14.5. The second-order valence-corrected chi connectivity index (χ2v) is 5.49. The zero-order chi connectivity index (χ0) is 16.4. The summed E-state index contributed by atoms with van der Waals surface area (Å²) in [6.45, 7) is 3.32. The third kappa shape index (κ3) is 3.59. The van der Waals surface area contributed by atoms with E-state index in [2.05, 4.69) is 14.9 Å². The molecule has 8 heteroatoms. The molecule has 122 valence electrons. The van der Waals surface area contributed by atoms with Gasteiger partial charge in [0.05, 0.1) is 17.8 Å². The van der Waals surface area contributed by atoms with Crippen LogP contribution >= 0.6 is 0 Å². The molecule has 1 aliphatic rings. The molecule has 1 aliphatic heterocycles. The molecule has 0 saturated carbocycles. The zero-order valence-electron chi connectivity index (χ0n) is 12.8. The smallest absolute Gasteiger partial charge is 0.303 e. The molecule has 23 heavy (non-hydrogen) atoms. The van der Waals surface area contributed by atoms with Crippen LogP contribution in [0.1, 0.15) is 29.7 Å². The van der Waals surface area contributed by atoms with Gasteiger partial charge < -0.3 is 14.9 Å². The van der Waals surface area contributed by atoms with Gasteiger partial charge in [0, 0.05) is 26.4 Å². The molecular weight excluding hydrogens is 300 g/mol. The molecule has 0 saturated heterocycles. The van der Waals surface area contributed by atoms with Gasteiger partial charge in [0.25, 0.3) is 5.56 Å². The fraction of sp³-hybridized carbons (Fsp3) is 0.400. The maximum atomic E-state index is 12.0. The summed E-state index contributed by atoms with van der Waals surface area (Å²) >= 11 is 0. The molecular formula is C15H18N4O4. The lowest BCUT2D eigenvalue weighted by Crippen LogP contribution is -2.35. The molecule has 0 aliphatic carbocycles. The average molecular weight is 318 g/mol. The molecule has 0 amide bonds. The van der Waals surface area contributed by atoms with Gasteiger partial charge in [-0.25, -0.2) is 4.98 Å². The molecule has 0 spiro atoms. The van der Waals surface area contributed by atoms with E-state index >= 15 is 0 Å². The van der Waals surface area contributed by atoms with Crippen molar-refractivity contribution in [2.45, 2.75) is 33.0 Å². The van der Waals surface area contributed by atoms with Gasteiger partial charge in [0.2, 0.25) is 5.95 Å². The van der Waals surface area contributed by atoms with E-state index in [1.165, 1.54) is 6.92 Å². The van der Waals surface area contributed by atoms with E-state index in [1.807, 2.05) is 6.07 Å². The van der Waals surface area contributed by atoms with Crippen molar-refractivity contribution in [3.63, 3.8) is 0 Å². The highest BCUT2D eigenvalue weighted by molar-refractivity contribution is 5.65. The molecule has 0 atom stereocenters. The molecule has 0 aromatic carbocycles. The van der Waals surface area contributed by atoms with Crippen LogP contribution in [-0.4, -0.2) is 27.4 Å². The van der Waals surface area contributed by atoms with Gasteiger partial charge in [-0.1, -0.05) is 0 Å². The molecule has 3 heterocycles. The van der Waals surface area contributed by atoms with Gasteiger partial charge in [0.15, 0.2) is 0 Å². The van der Waals surface area contributed by atoms with E-state index in [1.54, 1.807) is 6.07 Å². The number of carbonyl (C=O) groups is 1. The van der Waals surface area contributed by atoms with Gasteiger partial charge in [-0.05, 0) is 12.1 Å². The minimum absolute atomic E-state index is 0.126. The summed E-state index contributed by atoms with van der Waals surface area (Å²) in [4.78, 5) is 31.6. The number of anilines is 1. The topological polar surface area (TPSA) is 114 Å². The third-order valence-corrected chi connectivity index (χ3v) is 3.68. The predicted octanol–water partition coefficient (Wildman–Crippen LogP) is 0.566. The van der Waals surface area contributed by atoms with Crippen LogP contribution in [0.5, 0.6) is 0 Å². The maximum Gasteiger partial charge on any atom is 0.303 e. The Balaban J connectivity index is 1.66. The number of rotatable bonds is 4. The molecule has 8 nitrogen and oxygen atoms in total. The van der Waals surface area contributed by atoms with Crippen molar-refractivity contribution < 1.29 is 13.9 Å². The van der Waals surface area contributed by atoms with Crippen LogP contribution in [0.2, 0.25) is 0 Å². The van der Waals surface area contributed by atoms with Crippen LogP contribution < -0.4 is 11.3 Å². The fourth-order valence-electron chi connectivity index (χ4n) is 2.61. The Bertz CT molecular complexity index is 780. The van der Waals surface area contributed by atoms with E-state index < -0.39 is 0 Å². The Labute approximate surface area is 132 Å². The summed E-state index contributed by atoms with van der Waals surface area (Å²) in [5, 5.41) is 0. The monoisotopic (exact) mass is 318 g/mol. The Morgan fingerprint density at radius 1 is 1.48 bits per heavy atom. The lowest BCUT2D eigenvalue weighted by Gasteiger charge is -2.26. The van der Waals surface area contributed by atoms with Crippen molar-refractivity contribution in [1.82, 2.24) is 14.9 Å². The van der Waals surface area contributed by atoms with Crippen molar-refractivity contribution in [3.05, 3.63) is 45.3 Å². The SMILES string of the molecule is CC(=O)OCc1ccc(CN2CCc3nc(N)[nH]c(=O)c3C2)o1. The average Bonchev–Trinajstić information content (AvgIpc) is 2.93. The lowest BCUT2D eigenvalue weighted by molar-refractivity contribution is -0.142. The van der Waals surface area contributed by atoms with E-state index in [0.717, 1.165) is 18.0 Å². The number of nitrogens with one attached hydrogen (secondary N) is 1. The first kappa shape index (κ1) is 15.3. The number of ether oxygens (including phenoxy) is 1. The molecule has 0 bridgehead atoms. The Hall–Kier alpha value is -2.61. The van der Waals surface area contributed by atoms with Crippen molar-refractivity contribution in [2.75, 3.05) is 12.3 Å². The number of hydrogen-bond acceptors (Lipinski definition) is 7. The maximum absolute atomic E-state index is 12.0. The third-order valence-electron chi connectivity index (χ3n) is 3.68. The largest absolute Gasteiger partial charge is 0.461 e. The summed E-state index contributed by atoms with van der Waals surface area (Å²) in [5.41, 5.74) is 6.79. The summed E-state index contributed by atoms with van der Waals surface area (Å²) in [6.07, 6.45) is 0.671. The second-order valence-electron chi connectivity index (χ2n) is 5.49. The standard InChI is InChI=1S/C15H18N4O4/c1-9(20)22-8-11-3-2-10(23-11)6-19-5-4-13-12(7-19)14(21)18-15(16)17-13/h2-3H,4-8H2,1H3,(H3,16,17,18,21). The lowest BCUT2D eigenvalue weighted by atomic mass is 10.1. The number of aromatic amines is 1. The van der Waals surface area contributed by atoms with Gasteiger partial charge in [-0.2, -0.15) is 0 Å². The Morgan fingerprint density at radius 2 is 2.26 bits per heavy atom. The number of H-pyrrole nitrogens is 1. The highest BCUT2D eigenvalue weighted by atomic mass is 16.5. The molecule has 0 unspecified atom stereocenters. The van der Waals surface area contributed by atoms with Crippen LogP contribution in [0.25, 0.3) is 0 Å². The van der Waals surface area contributed by atoms with Crippen molar-refractivity contribution in [2.24, 2.45) is 0 Å². The molecule has 2 aromatic rings. The van der Waals surface area contributed by atoms with Gasteiger partial charge in [-0.3, -0.25) is 19.5 Å². The van der Waals surface area contributed by atoms with Gasteiger partial charge in [-0.15, -0.1) is 0 Å². The van der Waals surface area contributed by atoms with Gasteiger partial charge in [0.1, 0.15) is 18.1 Å². The number of aromatic nitrogens is 2. The van der Waals surface area contributed by atoms with Crippen LogP contribution in [0.3, 0.4) is 0 Å². The quantitative estimate of drug-likeness (QED) is 0.792. The number of carbonyl (C=O) groups excluding carboxylic acids is 1. The van der Waals surface area contributed by atoms with Crippen LogP contribution in [0, 0.1) is 0 Å². The molecule has 3 rings (SSSR count). The first-order chi connectivity index (χ1) is 11.0.